The Hall–Kier alpha value is -0.000000000000000167. The minimum Gasteiger partial charge on any atom is -0.335 e. The fourth-order valence-electron chi connectivity index (χ4n) is 2.60. The lowest BCUT2D eigenvalue weighted by atomic mass is 10.1. The maximum atomic E-state index is 6.31. The van der Waals surface area contributed by atoms with Crippen LogP contribution in [0.5, 0.6) is 0 Å². The summed E-state index contributed by atoms with van der Waals surface area (Å²) >= 11 is 22.7. The van der Waals surface area contributed by atoms with Crippen LogP contribution in [0.4, 0.5) is 0 Å². The van der Waals surface area contributed by atoms with Crippen molar-refractivity contribution in [2.45, 2.75) is 23.5 Å². The second-order valence-electron chi connectivity index (χ2n) is 5.19. The van der Waals surface area contributed by atoms with Crippen LogP contribution in [-0.4, -0.2) is 25.1 Å². The highest BCUT2D eigenvalue weighted by Gasteiger charge is 2.36. The predicted octanol–water partition coefficient (Wildman–Crippen LogP) is 5.65. The van der Waals surface area contributed by atoms with Gasteiger partial charge in [0.25, 0.3) is 0 Å². The molecular weight excluding hydrogens is 379 g/mol. The topological polar surface area (TPSA) is 17.8 Å². The molecule has 0 saturated carbocycles. The zero-order chi connectivity index (χ0) is 15.6. The van der Waals surface area contributed by atoms with Crippen LogP contribution in [0.25, 0.3) is 0 Å². The van der Waals surface area contributed by atoms with E-state index >= 15 is 0 Å². The SMILES string of the molecule is Clc1cc(Cl)c(CCC2(Cn3ccnc3)SCCS2)c(Cl)c1. The zero-order valence-corrected chi connectivity index (χ0v) is 15.7. The molecule has 0 aliphatic carbocycles. The first-order chi connectivity index (χ1) is 10.6. The molecular formula is C15H15Cl3N2S2. The van der Waals surface area contributed by atoms with E-state index in [9.17, 15) is 0 Å². The van der Waals surface area contributed by atoms with Crippen molar-refractivity contribution >= 4 is 58.3 Å². The number of halogens is 3. The van der Waals surface area contributed by atoms with E-state index in [1.54, 1.807) is 12.1 Å². The molecule has 0 bridgehead atoms. The van der Waals surface area contributed by atoms with Gasteiger partial charge in [-0.3, -0.25) is 0 Å². The molecule has 7 heteroatoms. The van der Waals surface area contributed by atoms with E-state index < -0.39 is 0 Å². The van der Waals surface area contributed by atoms with Gasteiger partial charge >= 0.3 is 0 Å². The van der Waals surface area contributed by atoms with Crippen molar-refractivity contribution in [2.75, 3.05) is 11.5 Å². The second-order valence-corrected chi connectivity index (χ2v) is 9.66. The summed E-state index contributed by atoms with van der Waals surface area (Å²) < 4.78 is 2.31. The summed E-state index contributed by atoms with van der Waals surface area (Å²) in [5.74, 6) is 2.36. The summed E-state index contributed by atoms with van der Waals surface area (Å²) in [4.78, 5) is 4.14. The van der Waals surface area contributed by atoms with Crippen LogP contribution in [0.2, 0.25) is 15.1 Å². The van der Waals surface area contributed by atoms with E-state index in [1.807, 2.05) is 42.2 Å². The van der Waals surface area contributed by atoms with Crippen molar-refractivity contribution in [3.8, 4) is 0 Å². The molecule has 0 atom stereocenters. The molecule has 2 nitrogen and oxygen atoms in total. The average molecular weight is 394 g/mol. The highest BCUT2D eigenvalue weighted by molar-refractivity contribution is 8.21. The van der Waals surface area contributed by atoms with Gasteiger partial charge in [0.15, 0.2) is 0 Å². The van der Waals surface area contributed by atoms with Crippen LogP contribution in [0.3, 0.4) is 0 Å². The molecule has 0 spiro atoms. The van der Waals surface area contributed by atoms with Crippen LogP contribution in [0.1, 0.15) is 12.0 Å². The van der Waals surface area contributed by atoms with Crippen molar-refractivity contribution in [1.29, 1.82) is 0 Å². The first-order valence-corrected chi connectivity index (χ1v) is 10.1. The lowest BCUT2D eigenvalue weighted by Crippen LogP contribution is -2.25. The third kappa shape index (κ3) is 3.90. The lowest BCUT2D eigenvalue weighted by molar-refractivity contribution is 0.592. The third-order valence-electron chi connectivity index (χ3n) is 3.66. The van der Waals surface area contributed by atoms with Gasteiger partial charge in [-0.2, -0.15) is 0 Å². The Morgan fingerprint density at radius 1 is 1.14 bits per heavy atom. The standard InChI is InChI=1S/C15H15Cl3N2S2/c16-11-7-13(17)12(14(18)8-11)1-2-15(21-5-6-22-15)9-20-4-3-19-10-20/h3-4,7-8,10H,1-2,5-6,9H2. The summed E-state index contributed by atoms with van der Waals surface area (Å²) in [6, 6.07) is 3.53. The molecule has 0 amide bonds. The van der Waals surface area contributed by atoms with Crippen molar-refractivity contribution in [2.24, 2.45) is 0 Å². The number of hydrogen-bond donors (Lipinski definition) is 0. The number of hydrogen-bond acceptors (Lipinski definition) is 3. The van der Waals surface area contributed by atoms with E-state index in [2.05, 4.69) is 9.55 Å². The van der Waals surface area contributed by atoms with Crippen LogP contribution in [0.15, 0.2) is 30.9 Å². The Kier molecular flexibility index (Phi) is 5.56. The summed E-state index contributed by atoms with van der Waals surface area (Å²) in [7, 11) is 0. The van der Waals surface area contributed by atoms with Gasteiger partial charge in [-0.05, 0) is 30.5 Å². The van der Waals surface area contributed by atoms with Crippen molar-refractivity contribution in [3.63, 3.8) is 0 Å². The largest absolute Gasteiger partial charge is 0.335 e. The number of rotatable bonds is 5. The molecule has 3 rings (SSSR count). The van der Waals surface area contributed by atoms with Gasteiger partial charge in [-0.25, -0.2) is 4.98 Å². The molecule has 118 valence electrons. The maximum Gasteiger partial charge on any atom is 0.0946 e. The molecule has 1 saturated heterocycles. The Bertz CT molecular complexity index is 617. The number of imidazole rings is 1. The van der Waals surface area contributed by atoms with Gasteiger partial charge < -0.3 is 4.57 Å². The Labute approximate surface area is 153 Å². The molecule has 0 radical (unpaired) electrons. The number of thioether (sulfide) groups is 2. The van der Waals surface area contributed by atoms with Crippen LogP contribution in [0, 0.1) is 0 Å². The Balaban J connectivity index is 1.75. The molecule has 2 aromatic rings. The van der Waals surface area contributed by atoms with E-state index in [1.165, 1.54) is 11.5 Å². The maximum absolute atomic E-state index is 6.31. The van der Waals surface area contributed by atoms with Gasteiger partial charge in [0.1, 0.15) is 0 Å². The second kappa shape index (κ2) is 7.27. The normalized spacial score (nSPS) is 17.0. The Morgan fingerprint density at radius 3 is 2.41 bits per heavy atom. The van der Waals surface area contributed by atoms with Gasteiger partial charge in [0.2, 0.25) is 0 Å². The van der Waals surface area contributed by atoms with Crippen molar-refractivity contribution in [1.82, 2.24) is 9.55 Å². The monoisotopic (exact) mass is 392 g/mol. The lowest BCUT2D eigenvalue weighted by Gasteiger charge is -2.28. The number of nitrogens with zero attached hydrogens (tertiary/aromatic N) is 2. The van der Waals surface area contributed by atoms with E-state index in [0.29, 0.717) is 15.1 Å². The summed E-state index contributed by atoms with van der Waals surface area (Å²) in [6.07, 6.45) is 7.59. The molecule has 1 aliphatic heterocycles. The number of benzene rings is 1. The molecule has 1 aromatic heterocycles. The van der Waals surface area contributed by atoms with Gasteiger partial charge in [-0.1, -0.05) is 34.8 Å². The van der Waals surface area contributed by atoms with E-state index in [0.717, 1.165) is 24.9 Å². The van der Waals surface area contributed by atoms with Crippen molar-refractivity contribution < 1.29 is 0 Å². The smallest absolute Gasteiger partial charge is 0.0946 e. The first-order valence-electron chi connectivity index (χ1n) is 6.95. The third-order valence-corrected chi connectivity index (χ3v) is 8.05. The minimum atomic E-state index is 0.160. The fourth-order valence-corrected chi connectivity index (χ4v) is 6.82. The average Bonchev–Trinajstić information content (AvgIpc) is 3.10. The molecule has 1 fully saturated rings. The minimum absolute atomic E-state index is 0.160. The quantitative estimate of drug-likeness (QED) is 0.653. The molecule has 1 aliphatic rings. The summed E-state index contributed by atoms with van der Waals surface area (Å²) in [5.41, 5.74) is 0.992. The van der Waals surface area contributed by atoms with Crippen molar-refractivity contribution in [3.05, 3.63) is 51.5 Å². The first kappa shape index (κ1) is 16.8. The summed E-state index contributed by atoms with van der Waals surface area (Å²) in [5, 5.41) is 1.89. The van der Waals surface area contributed by atoms with Crippen LogP contribution >= 0.6 is 58.3 Å². The predicted molar refractivity (Wildman–Crippen MR) is 99.7 cm³/mol. The van der Waals surface area contributed by atoms with Crippen LogP contribution < -0.4 is 0 Å². The summed E-state index contributed by atoms with van der Waals surface area (Å²) in [6.45, 7) is 0.950. The van der Waals surface area contributed by atoms with Gasteiger partial charge in [0.05, 0.1) is 10.4 Å². The molecule has 1 aromatic carbocycles. The van der Waals surface area contributed by atoms with Gasteiger partial charge in [-0.15, -0.1) is 23.5 Å². The number of aromatic nitrogens is 2. The van der Waals surface area contributed by atoms with E-state index in [-0.39, 0.29) is 4.08 Å². The molecule has 0 N–H and O–H groups in total. The highest BCUT2D eigenvalue weighted by atomic mass is 35.5. The molecule has 0 unspecified atom stereocenters. The van der Waals surface area contributed by atoms with E-state index in [4.69, 9.17) is 34.8 Å². The van der Waals surface area contributed by atoms with Gasteiger partial charge in [0, 0.05) is 45.5 Å². The molecule has 2 heterocycles. The highest BCUT2D eigenvalue weighted by Crippen LogP contribution is 2.48. The zero-order valence-electron chi connectivity index (χ0n) is 11.8. The molecule has 22 heavy (non-hydrogen) atoms. The Morgan fingerprint density at radius 2 is 1.82 bits per heavy atom. The fraction of sp³-hybridized carbons (Fsp3) is 0.400. The van der Waals surface area contributed by atoms with Crippen LogP contribution in [-0.2, 0) is 13.0 Å².